The molecule has 0 bridgehead atoms. The Balaban J connectivity index is 1.67. The third kappa shape index (κ3) is 2.86. The van der Waals surface area contributed by atoms with Gasteiger partial charge in [0, 0.05) is 12.1 Å². The van der Waals surface area contributed by atoms with Crippen LogP contribution in [0.5, 0.6) is 11.5 Å². The van der Waals surface area contributed by atoms with E-state index < -0.39 is 0 Å². The molecular formula is C16H23NO2. The van der Waals surface area contributed by atoms with Gasteiger partial charge in [-0.15, -0.1) is 0 Å². The van der Waals surface area contributed by atoms with Crippen molar-refractivity contribution in [2.75, 3.05) is 13.2 Å². The molecule has 0 aromatic heterocycles. The predicted octanol–water partition coefficient (Wildman–Crippen LogP) is 3.30. The number of hydrogen-bond donors (Lipinski definition) is 1. The molecule has 3 unspecified atom stereocenters. The van der Waals surface area contributed by atoms with Gasteiger partial charge in [-0.25, -0.2) is 0 Å². The fourth-order valence-corrected chi connectivity index (χ4v) is 3.14. The maximum atomic E-state index is 5.65. The Morgan fingerprint density at radius 1 is 1.16 bits per heavy atom. The van der Waals surface area contributed by atoms with Crippen molar-refractivity contribution in [2.24, 2.45) is 5.92 Å². The van der Waals surface area contributed by atoms with Gasteiger partial charge in [0.2, 0.25) is 0 Å². The molecule has 1 fully saturated rings. The Morgan fingerprint density at radius 2 is 1.95 bits per heavy atom. The highest BCUT2D eigenvalue weighted by Crippen LogP contribution is 2.33. The highest BCUT2D eigenvalue weighted by atomic mass is 16.6. The highest BCUT2D eigenvalue weighted by molar-refractivity contribution is 5.44. The van der Waals surface area contributed by atoms with Gasteiger partial charge in [0.1, 0.15) is 13.2 Å². The van der Waals surface area contributed by atoms with Crippen LogP contribution >= 0.6 is 0 Å². The van der Waals surface area contributed by atoms with E-state index in [2.05, 4.69) is 31.3 Å². The maximum absolute atomic E-state index is 5.65. The number of benzene rings is 1. The maximum Gasteiger partial charge on any atom is 0.161 e. The minimum atomic E-state index is 0.367. The van der Waals surface area contributed by atoms with E-state index in [1.165, 1.54) is 24.8 Å². The molecule has 0 saturated heterocycles. The van der Waals surface area contributed by atoms with Gasteiger partial charge in [-0.2, -0.15) is 0 Å². The first-order chi connectivity index (χ1) is 9.22. The SMILES string of the molecule is CC1CCC(NC(C)c2ccc3c(c2)OCCO3)C1. The fraction of sp³-hybridized carbons (Fsp3) is 0.625. The molecule has 0 amide bonds. The Bertz CT molecular complexity index is 446. The van der Waals surface area contributed by atoms with Gasteiger partial charge in [0.15, 0.2) is 11.5 Å². The van der Waals surface area contributed by atoms with E-state index in [0.29, 0.717) is 25.3 Å². The summed E-state index contributed by atoms with van der Waals surface area (Å²) in [6.45, 7) is 5.88. The van der Waals surface area contributed by atoms with Crippen molar-refractivity contribution in [2.45, 2.75) is 45.2 Å². The average molecular weight is 261 g/mol. The van der Waals surface area contributed by atoms with Gasteiger partial charge in [-0.3, -0.25) is 0 Å². The molecule has 3 rings (SSSR count). The molecule has 1 aromatic carbocycles. The zero-order valence-electron chi connectivity index (χ0n) is 11.8. The second-order valence-electron chi connectivity index (χ2n) is 5.91. The van der Waals surface area contributed by atoms with Gasteiger partial charge >= 0.3 is 0 Å². The summed E-state index contributed by atoms with van der Waals surface area (Å²) in [5.74, 6) is 2.62. The van der Waals surface area contributed by atoms with Crippen LogP contribution < -0.4 is 14.8 Å². The van der Waals surface area contributed by atoms with E-state index in [4.69, 9.17) is 9.47 Å². The van der Waals surface area contributed by atoms with Crippen molar-refractivity contribution >= 4 is 0 Å². The molecule has 3 heteroatoms. The molecule has 0 radical (unpaired) electrons. The summed E-state index contributed by atoms with van der Waals surface area (Å²) in [6.07, 6.45) is 3.95. The molecule has 104 valence electrons. The molecule has 19 heavy (non-hydrogen) atoms. The lowest BCUT2D eigenvalue weighted by Gasteiger charge is -2.23. The van der Waals surface area contributed by atoms with Gasteiger partial charge < -0.3 is 14.8 Å². The largest absolute Gasteiger partial charge is 0.486 e. The van der Waals surface area contributed by atoms with Gasteiger partial charge in [-0.05, 0) is 49.8 Å². The Labute approximate surface area is 115 Å². The first-order valence-electron chi connectivity index (χ1n) is 7.38. The minimum absolute atomic E-state index is 0.367. The van der Waals surface area contributed by atoms with E-state index in [0.717, 1.165) is 17.4 Å². The van der Waals surface area contributed by atoms with Crippen LogP contribution in [-0.4, -0.2) is 19.3 Å². The summed E-state index contributed by atoms with van der Waals surface area (Å²) in [5, 5.41) is 3.74. The van der Waals surface area contributed by atoms with E-state index in [1.54, 1.807) is 0 Å². The van der Waals surface area contributed by atoms with E-state index in [9.17, 15) is 0 Å². The molecule has 1 saturated carbocycles. The highest BCUT2D eigenvalue weighted by Gasteiger charge is 2.23. The molecular weight excluding hydrogens is 238 g/mol. The van der Waals surface area contributed by atoms with Crippen molar-refractivity contribution in [3.05, 3.63) is 23.8 Å². The first-order valence-corrected chi connectivity index (χ1v) is 7.38. The van der Waals surface area contributed by atoms with Crippen molar-refractivity contribution in [1.29, 1.82) is 0 Å². The molecule has 1 N–H and O–H groups in total. The number of hydrogen-bond acceptors (Lipinski definition) is 3. The zero-order valence-corrected chi connectivity index (χ0v) is 11.8. The van der Waals surface area contributed by atoms with Crippen molar-refractivity contribution < 1.29 is 9.47 Å². The van der Waals surface area contributed by atoms with Gasteiger partial charge in [0.05, 0.1) is 0 Å². The quantitative estimate of drug-likeness (QED) is 0.905. The first kappa shape index (κ1) is 12.8. The number of rotatable bonds is 3. The average Bonchev–Trinajstić information content (AvgIpc) is 2.83. The van der Waals surface area contributed by atoms with Crippen LogP contribution in [0, 0.1) is 5.92 Å². The van der Waals surface area contributed by atoms with E-state index in [1.807, 2.05) is 6.07 Å². The number of fused-ring (bicyclic) bond motifs is 1. The molecule has 1 aliphatic carbocycles. The zero-order chi connectivity index (χ0) is 13.2. The summed E-state index contributed by atoms with van der Waals surface area (Å²) < 4.78 is 11.2. The second-order valence-corrected chi connectivity index (χ2v) is 5.91. The lowest BCUT2D eigenvalue weighted by atomic mass is 10.1. The molecule has 1 heterocycles. The van der Waals surface area contributed by atoms with Crippen LogP contribution in [0.2, 0.25) is 0 Å². The summed E-state index contributed by atoms with van der Waals surface area (Å²) in [4.78, 5) is 0. The molecule has 3 atom stereocenters. The Morgan fingerprint density at radius 3 is 2.68 bits per heavy atom. The van der Waals surface area contributed by atoms with Crippen LogP contribution in [-0.2, 0) is 0 Å². The monoisotopic (exact) mass is 261 g/mol. The standard InChI is InChI=1S/C16H23NO2/c1-11-3-5-14(9-11)17-12(2)13-4-6-15-16(10-13)19-8-7-18-15/h4,6,10-12,14,17H,3,5,7-9H2,1-2H3. The van der Waals surface area contributed by atoms with Crippen LogP contribution in [0.25, 0.3) is 0 Å². The third-order valence-electron chi connectivity index (χ3n) is 4.25. The molecule has 2 aliphatic rings. The topological polar surface area (TPSA) is 30.5 Å². The van der Waals surface area contributed by atoms with Gasteiger partial charge in [0.25, 0.3) is 0 Å². The van der Waals surface area contributed by atoms with Crippen LogP contribution in [0.15, 0.2) is 18.2 Å². The van der Waals surface area contributed by atoms with Crippen LogP contribution in [0.4, 0.5) is 0 Å². The molecule has 3 nitrogen and oxygen atoms in total. The number of nitrogens with one attached hydrogen (secondary N) is 1. The summed E-state index contributed by atoms with van der Waals surface area (Å²) in [5.41, 5.74) is 1.28. The molecule has 1 aromatic rings. The summed E-state index contributed by atoms with van der Waals surface area (Å²) >= 11 is 0. The predicted molar refractivity (Wildman–Crippen MR) is 75.8 cm³/mol. The third-order valence-corrected chi connectivity index (χ3v) is 4.25. The fourth-order valence-electron chi connectivity index (χ4n) is 3.14. The summed E-state index contributed by atoms with van der Waals surface area (Å²) in [7, 11) is 0. The van der Waals surface area contributed by atoms with Crippen LogP contribution in [0.1, 0.15) is 44.7 Å². The van der Waals surface area contributed by atoms with Crippen LogP contribution in [0.3, 0.4) is 0 Å². The lowest BCUT2D eigenvalue weighted by Crippen LogP contribution is -2.29. The minimum Gasteiger partial charge on any atom is -0.486 e. The van der Waals surface area contributed by atoms with Crippen molar-refractivity contribution in [1.82, 2.24) is 5.32 Å². The smallest absolute Gasteiger partial charge is 0.161 e. The van der Waals surface area contributed by atoms with Gasteiger partial charge in [-0.1, -0.05) is 13.0 Å². The Hall–Kier alpha value is -1.22. The molecule has 1 aliphatic heterocycles. The Kier molecular flexibility index (Phi) is 3.65. The number of ether oxygens (including phenoxy) is 2. The second kappa shape index (κ2) is 5.41. The normalized spacial score (nSPS) is 27.3. The van der Waals surface area contributed by atoms with E-state index >= 15 is 0 Å². The van der Waals surface area contributed by atoms with Crippen molar-refractivity contribution in [3.8, 4) is 11.5 Å². The van der Waals surface area contributed by atoms with Crippen molar-refractivity contribution in [3.63, 3.8) is 0 Å². The lowest BCUT2D eigenvalue weighted by molar-refractivity contribution is 0.171. The van der Waals surface area contributed by atoms with E-state index in [-0.39, 0.29) is 0 Å². The molecule has 0 spiro atoms. The summed E-state index contributed by atoms with van der Waals surface area (Å²) in [6, 6.07) is 7.32.